The summed E-state index contributed by atoms with van der Waals surface area (Å²) in [6.07, 6.45) is 4.54. The quantitative estimate of drug-likeness (QED) is 0.817. The number of nitrogens with zero attached hydrogens (tertiary/aromatic N) is 3. The van der Waals surface area contributed by atoms with E-state index in [0.717, 1.165) is 26.1 Å². The topological polar surface area (TPSA) is 50.2 Å². The van der Waals surface area contributed by atoms with E-state index in [0.29, 0.717) is 6.04 Å². The molecule has 0 aromatic carbocycles. The van der Waals surface area contributed by atoms with Gasteiger partial charge in [-0.1, -0.05) is 6.92 Å². The van der Waals surface area contributed by atoms with Crippen molar-refractivity contribution in [2.75, 3.05) is 19.6 Å². The van der Waals surface area contributed by atoms with Crippen LogP contribution in [-0.4, -0.2) is 46.3 Å². The zero-order valence-corrected chi connectivity index (χ0v) is 10.5. The second-order valence-electron chi connectivity index (χ2n) is 4.51. The summed E-state index contributed by atoms with van der Waals surface area (Å²) in [6, 6.07) is 2.00. The average Bonchev–Trinajstić information content (AvgIpc) is 2.77. The van der Waals surface area contributed by atoms with Gasteiger partial charge in [0.2, 0.25) is 5.91 Å². The molecule has 1 saturated heterocycles. The van der Waals surface area contributed by atoms with Gasteiger partial charge in [0.25, 0.3) is 0 Å². The molecule has 1 aromatic heterocycles. The molecule has 1 amide bonds. The van der Waals surface area contributed by atoms with E-state index in [9.17, 15) is 4.79 Å². The van der Waals surface area contributed by atoms with Crippen LogP contribution in [0.5, 0.6) is 0 Å². The fourth-order valence-corrected chi connectivity index (χ4v) is 2.07. The van der Waals surface area contributed by atoms with E-state index in [1.54, 1.807) is 10.9 Å². The molecule has 5 nitrogen and oxygen atoms in total. The molecule has 1 N–H and O–H groups in total. The van der Waals surface area contributed by atoms with E-state index in [4.69, 9.17) is 0 Å². The van der Waals surface area contributed by atoms with Crippen LogP contribution < -0.4 is 5.32 Å². The first kappa shape index (κ1) is 12.1. The normalized spacial score (nSPS) is 17.5. The third-order valence-electron chi connectivity index (χ3n) is 3.23. The third-order valence-corrected chi connectivity index (χ3v) is 3.23. The summed E-state index contributed by atoms with van der Waals surface area (Å²) >= 11 is 0. The van der Waals surface area contributed by atoms with Crippen LogP contribution in [0.25, 0.3) is 0 Å². The summed E-state index contributed by atoms with van der Waals surface area (Å²) in [5.41, 5.74) is 0. The Morgan fingerprint density at radius 1 is 1.65 bits per heavy atom. The Labute approximate surface area is 102 Å². The largest absolute Gasteiger partial charge is 0.335 e. The lowest BCUT2D eigenvalue weighted by molar-refractivity contribution is -0.138. The Kier molecular flexibility index (Phi) is 3.78. The molecule has 1 atom stereocenters. The van der Waals surface area contributed by atoms with Crippen molar-refractivity contribution in [3.8, 4) is 0 Å². The first-order valence-electron chi connectivity index (χ1n) is 6.24. The molecule has 2 heterocycles. The highest BCUT2D eigenvalue weighted by Gasteiger charge is 2.31. The van der Waals surface area contributed by atoms with Gasteiger partial charge in [-0.2, -0.15) is 5.10 Å². The molecule has 1 aromatic rings. The summed E-state index contributed by atoms with van der Waals surface area (Å²) in [7, 11) is 0. The van der Waals surface area contributed by atoms with Crippen LogP contribution in [0, 0.1) is 0 Å². The summed E-state index contributed by atoms with van der Waals surface area (Å²) < 4.78 is 1.72. The van der Waals surface area contributed by atoms with E-state index in [2.05, 4.69) is 17.3 Å². The Morgan fingerprint density at radius 2 is 2.41 bits per heavy atom. The molecule has 5 heteroatoms. The minimum atomic E-state index is -0.211. The van der Waals surface area contributed by atoms with Crippen molar-refractivity contribution in [2.24, 2.45) is 0 Å². The second-order valence-corrected chi connectivity index (χ2v) is 4.51. The van der Waals surface area contributed by atoms with Crippen molar-refractivity contribution in [3.05, 3.63) is 18.5 Å². The molecule has 0 radical (unpaired) electrons. The first-order valence-corrected chi connectivity index (χ1v) is 6.24. The van der Waals surface area contributed by atoms with Crippen LogP contribution in [0.15, 0.2) is 18.5 Å². The molecular formula is C12H20N4O. The van der Waals surface area contributed by atoms with E-state index in [-0.39, 0.29) is 11.9 Å². The van der Waals surface area contributed by atoms with E-state index < -0.39 is 0 Å². The predicted octanol–water partition coefficient (Wildman–Crippen LogP) is 0.654. The van der Waals surface area contributed by atoms with Crippen molar-refractivity contribution in [3.63, 3.8) is 0 Å². The van der Waals surface area contributed by atoms with Crippen molar-refractivity contribution in [1.29, 1.82) is 0 Å². The van der Waals surface area contributed by atoms with Gasteiger partial charge in [-0.3, -0.25) is 9.48 Å². The van der Waals surface area contributed by atoms with Crippen molar-refractivity contribution in [1.82, 2.24) is 20.0 Å². The van der Waals surface area contributed by atoms with Crippen molar-refractivity contribution >= 4 is 5.91 Å². The molecule has 1 unspecified atom stereocenters. The van der Waals surface area contributed by atoms with Crippen LogP contribution in [0.2, 0.25) is 0 Å². The van der Waals surface area contributed by atoms with Gasteiger partial charge in [0.1, 0.15) is 6.04 Å². The Bertz CT molecular complexity index is 359. The number of aromatic nitrogens is 2. The minimum absolute atomic E-state index is 0.169. The average molecular weight is 236 g/mol. The number of hydrogen-bond acceptors (Lipinski definition) is 3. The lowest BCUT2D eigenvalue weighted by Gasteiger charge is -2.39. The fourth-order valence-electron chi connectivity index (χ4n) is 2.07. The Balaban J connectivity index is 2.04. The molecule has 1 aliphatic heterocycles. The maximum Gasteiger partial charge on any atom is 0.247 e. The Hall–Kier alpha value is -1.36. The lowest BCUT2D eigenvalue weighted by Crippen LogP contribution is -2.59. The number of carbonyl (C=O) groups excluding carboxylic acids is 1. The number of nitrogens with one attached hydrogen (secondary N) is 1. The predicted molar refractivity (Wildman–Crippen MR) is 65.6 cm³/mol. The van der Waals surface area contributed by atoms with E-state index >= 15 is 0 Å². The Morgan fingerprint density at radius 3 is 2.88 bits per heavy atom. The van der Waals surface area contributed by atoms with Gasteiger partial charge in [-0.05, 0) is 19.4 Å². The lowest BCUT2D eigenvalue weighted by atomic mass is 10.1. The summed E-state index contributed by atoms with van der Waals surface area (Å²) in [6.45, 7) is 6.67. The highest BCUT2D eigenvalue weighted by Crippen LogP contribution is 2.14. The third kappa shape index (κ3) is 2.49. The molecule has 0 aliphatic carbocycles. The van der Waals surface area contributed by atoms with Crippen LogP contribution in [0.4, 0.5) is 0 Å². The zero-order valence-electron chi connectivity index (χ0n) is 10.5. The standard InChI is InChI=1S/C12H20N4O/c1-3-6-15(11-8-13-9-11)12(17)10(2)16-7-4-5-14-16/h4-5,7,10-11,13H,3,6,8-9H2,1-2H3. The van der Waals surface area contributed by atoms with Crippen LogP contribution in [0.3, 0.4) is 0 Å². The van der Waals surface area contributed by atoms with Gasteiger partial charge in [0, 0.05) is 32.0 Å². The number of hydrogen-bond donors (Lipinski definition) is 1. The molecule has 94 valence electrons. The molecule has 0 spiro atoms. The van der Waals surface area contributed by atoms with Crippen molar-refractivity contribution < 1.29 is 4.79 Å². The van der Waals surface area contributed by atoms with Gasteiger partial charge in [-0.15, -0.1) is 0 Å². The smallest absolute Gasteiger partial charge is 0.247 e. The van der Waals surface area contributed by atoms with Gasteiger partial charge in [0.15, 0.2) is 0 Å². The van der Waals surface area contributed by atoms with Crippen molar-refractivity contribution in [2.45, 2.75) is 32.4 Å². The molecule has 17 heavy (non-hydrogen) atoms. The highest BCUT2D eigenvalue weighted by atomic mass is 16.2. The monoisotopic (exact) mass is 236 g/mol. The SMILES string of the molecule is CCCN(C(=O)C(C)n1cccn1)C1CNC1. The highest BCUT2D eigenvalue weighted by molar-refractivity contribution is 5.80. The molecule has 0 saturated carbocycles. The number of rotatable bonds is 5. The number of carbonyl (C=O) groups is 1. The summed E-state index contributed by atoms with van der Waals surface area (Å²) in [5.74, 6) is 0.169. The van der Waals surface area contributed by atoms with Crippen LogP contribution in [-0.2, 0) is 4.79 Å². The second kappa shape index (κ2) is 5.31. The first-order chi connectivity index (χ1) is 8.24. The molecule has 0 bridgehead atoms. The van der Waals surface area contributed by atoms with Gasteiger partial charge < -0.3 is 10.2 Å². The van der Waals surface area contributed by atoms with Gasteiger partial charge in [0.05, 0.1) is 6.04 Å². The molecule has 1 aliphatic rings. The van der Waals surface area contributed by atoms with E-state index in [1.807, 2.05) is 24.1 Å². The number of amides is 1. The molecular weight excluding hydrogens is 216 g/mol. The molecule has 1 fully saturated rings. The minimum Gasteiger partial charge on any atom is -0.335 e. The van der Waals surface area contributed by atoms with Gasteiger partial charge >= 0.3 is 0 Å². The summed E-state index contributed by atoms with van der Waals surface area (Å²) in [4.78, 5) is 14.4. The maximum atomic E-state index is 12.4. The summed E-state index contributed by atoms with van der Waals surface area (Å²) in [5, 5.41) is 7.35. The molecule has 2 rings (SSSR count). The maximum absolute atomic E-state index is 12.4. The zero-order chi connectivity index (χ0) is 12.3. The van der Waals surface area contributed by atoms with Crippen LogP contribution >= 0.6 is 0 Å². The van der Waals surface area contributed by atoms with E-state index in [1.165, 1.54) is 0 Å². The van der Waals surface area contributed by atoms with Gasteiger partial charge in [-0.25, -0.2) is 0 Å². The fraction of sp³-hybridized carbons (Fsp3) is 0.667. The van der Waals surface area contributed by atoms with Crippen LogP contribution in [0.1, 0.15) is 26.3 Å².